The average Bonchev–Trinajstić information content (AvgIpc) is 3.02. The Morgan fingerprint density at radius 2 is 2.08 bits per heavy atom. The zero-order valence-corrected chi connectivity index (χ0v) is 16.6. The van der Waals surface area contributed by atoms with Gasteiger partial charge in [-0.15, -0.1) is 24.0 Å². The van der Waals surface area contributed by atoms with Crippen LogP contribution in [0.3, 0.4) is 0 Å². The molecule has 0 fully saturated rings. The van der Waals surface area contributed by atoms with Gasteiger partial charge in [-0.2, -0.15) is 13.2 Å². The first-order valence-corrected chi connectivity index (χ1v) is 7.67. The molecule has 0 aliphatic rings. The fraction of sp³-hybridized carbons (Fsp3) is 0.667. The van der Waals surface area contributed by atoms with E-state index in [1.54, 1.807) is 19.1 Å². The molecule has 1 heterocycles. The molecule has 1 rings (SSSR count). The Labute approximate surface area is 162 Å². The third-order valence-corrected chi connectivity index (χ3v) is 2.96. The molecule has 25 heavy (non-hydrogen) atoms. The second-order valence-corrected chi connectivity index (χ2v) is 5.39. The summed E-state index contributed by atoms with van der Waals surface area (Å²) < 4.78 is 45.5. The van der Waals surface area contributed by atoms with Crippen LogP contribution >= 0.6 is 24.0 Å². The van der Waals surface area contributed by atoms with Crippen molar-refractivity contribution in [2.45, 2.75) is 32.0 Å². The second kappa shape index (κ2) is 11.6. The molecule has 1 aromatic rings. The Morgan fingerprint density at radius 1 is 1.36 bits per heavy atom. The zero-order valence-electron chi connectivity index (χ0n) is 14.2. The number of ether oxygens (including phenoxy) is 1. The molecule has 0 saturated carbocycles. The topological polar surface area (TPSA) is 79.0 Å². The van der Waals surface area contributed by atoms with Crippen LogP contribution < -0.4 is 10.6 Å². The fourth-order valence-corrected chi connectivity index (χ4v) is 1.81. The molecule has 146 valence electrons. The lowest BCUT2D eigenvalue weighted by Gasteiger charge is -2.19. The van der Waals surface area contributed by atoms with Gasteiger partial charge in [-0.1, -0.05) is 0 Å². The number of nitrogens with one attached hydrogen (secondary N) is 2. The second-order valence-electron chi connectivity index (χ2n) is 5.39. The van der Waals surface area contributed by atoms with E-state index in [0.717, 1.165) is 0 Å². The van der Waals surface area contributed by atoms with Crippen molar-refractivity contribution >= 4 is 29.9 Å². The van der Waals surface area contributed by atoms with Gasteiger partial charge in [0.05, 0.1) is 12.8 Å². The molecule has 10 heteroatoms. The minimum Gasteiger partial charge on any atom is -0.466 e. The van der Waals surface area contributed by atoms with Crippen LogP contribution in [0.25, 0.3) is 0 Å². The van der Waals surface area contributed by atoms with E-state index < -0.39 is 18.4 Å². The van der Waals surface area contributed by atoms with E-state index in [0.29, 0.717) is 31.2 Å². The SMILES string of the molecule is CCNC(=NCC(C)(O)c1ccco1)NCCCOCC(F)(F)F.I. The van der Waals surface area contributed by atoms with Crippen LogP contribution in [-0.2, 0) is 10.3 Å². The summed E-state index contributed by atoms with van der Waals surface area (Å²) in [4.78, 5) is 4.26. The van der Waals surface area contributed by atoms with E-state index in [1.165, 1.54) is 6.26 Å². The summed E-state index contributed by atoms with van der Waals surface area (Å²) in [7, 11) is 0. The predicted octanol–water partition coefficient (Wildman–Crippen LogP) is 2.63. The highest BCUT2D eigenvalue weighted by Crippen LogP contribution is 2.21. The Hall–Kier alpha value is -1.01. The Kier molecular flexibility index (Phi) is 11.1. The minimum absolute atomic E-state index is 0. The van der Waals surface area contributed by atoms with E-state index in [9.17, 15) is 18.3 Å². The van der Waals surface area contributed by atoms with Crippen LogP contribution in [0.15, 0.2) is 27.8 Å². The van der Waals surface area contributed by atoms with Gasteiger partial charge >= 0.3 is 6.18 Å². The average molecular weight is 479 g/mol. The number of furan rings is 1. The van der Waals surface area contributed by atoms with Gasteiger partial charge in [0.2, 0.25) is 0 Å². The summed E-state index contributed by atoms with van der Waals surface area (Å²) >= 11 is 0. The van der Waals surface area contributed by atoms with Crippen molar-refractivity contribution in [2.75, 3.05) is 32.8 Å². The molecule has 0 bridgehead atoms. The number of guanidine groups is 1. The van der Waals surface area contributed by atoms with Crippen LogP contribution in [0.5, 0.6) is 0 Å². The standard InChI is InChI=1S/C15H24F3N3O3.HI/c1-3-19-13(20-7-5-8-23-11-15(16,17)18)21-10-14(2,22)12-6-4-9-24-12;/h4,6,9,22H,3,5,7-8,10-11H2,1-2H3,(H2,19,20,21);1H. The van der Waals surface area contributed by atoms with Gasteiger partial charge in [0.25, 0.3) is 0 Å². The van der Waals surface area contributed by atoms with Crippen molar-refractivity contribution in [2.24, 2.45) is 4.99 Å². The van der Waals surface area contributed by atoms with Crippen LogP contribution in [0, 0.1) is 0 Å². The van der Waals surface area contributed by atoms with Gasteiger partial charge < -0.3 is 24.9 Å². The maximum Gasteiger partial charge on any atom is 0.411 e. The Bertz CT molecular complexity index is 494. The van der Waals surface area contributed by atoms with Crippen molar-refractivity contribution in [3.05, 3.63) is 24.2 Å². The van der Waals surface area contributed by atoms with E-state index in [1.807, 2.05) is 6.92 Å². The van der Waals surface area contributed by atoms with Gasteiger partial charge in [-0.25, -0.2) is 4.99 Å². The van der Waals surface area contributed by atoms with E-state index in [-0.39, 0.29) is 37.1 Å². The first-order valence-electron chi connectivity index (χ1n) is 7.67. The van der Waals surface area contributed by atoms with Crippen LogP contribution in [-0.4, -0.2) is 50.1 Å². The summed E-state index contributed by atoms with van der Waals surface area (Å²) in [6.45, 7) is 3.30. The number of alkyl halides is 3. The quantitative estimate of drug-likeness (QED) is 0.220. The zero-order chi connectivity index (χ0) is 18.1. The summed E-state index contributed by atoms with van der Waals surface area (Å²) in [5, 5.41) is 16.3. The van der Waals surface area contributed by atoms with Crippen molar-refractivity contribution < 1.29 is 27.4 Å². The van der Waals surface area contributed by atoms with Gasteiger partial charge in [-0.05, 0) is 32.4 Å². The number of aliphatic hydroxyl groups is 1. The molecule has 0 aliphatic heterocycles. The molecule has 1 unspecified atom stereocenters. The van der Waals surface area contributed by atoms with Crippen LogP contribution in [0.2, 0.25) is 0 Å². The van der Waals surface area contributed by atoms with E-state index in [4.69, 9.17) is 4.42 Å². The molecule has 3 N–H and O–H groups in total. The van der Waals surface area contributed by atoms with Gasteiger partial charge in [0.1, 0.15) is 18.0 Å². The molecule has 0 aromatic carbocycles. The number of aliphatic imine (C=N–C) groups is 1. The minimum atomic E-state index is -4.30. The summed E-state index contributed by atoms with van der Waals surface area (Å²) in [6, 6.07) is 3.34. The Morgan fingerprint density at radius 3 is 2.64 bits per heavy atom. The molecular weight excluding hydrogens is 454 g/mol. The normalized spacial score (nSPS) is 14.6. The predicted molar refractivity (Wildman–Crippen MR) is 99.2 cm³/mol. The number of nitrogens with zero attached hydrogens (tertiary/aromatic N) is 1. The molecule has 6 nitrogen and oxygen atoms in total. The van der Waals surface area contributed by atoms with Crippen molar-refractivity contribution in [1.29, 1.82) is 0 Å². The van der Waals surface area contributed by atoms with Crippen LogP contribution in [0.4, 0.5) is 13.2 Å². The van der Waals surface area contributed by atoms with Gasteiger partial charge in [-0.3, -0.25) is 0 Å². The van der Waals surface area contributed by atoms with E-state index >= 15 is 0 Å². The lowest BCUT2D eigenvalue weighted by molar-refractivity contribution is -0.173. The smallest absolute Gasteiger partial charge is 0.411 e. The van der Waals surface area contributed by atoms with Gasteiger partial charge in [0.15, 0.2) is 5.96 Å². The molecule has 0 aliphatic carbocycles. The molecule has 0 saturated heterocycles. The van der Waals surface area contributed by atoms with Crippen molar-refractivity contribution in [3.8, 4) is 0 Å². The molecule has 1 aromatic heterocycles. The highest BCUT2D eigenvalue weighted by molar-refractivity contribution is 14.0. The number of halogens is 4. The largest absolute Gasteiger partial charge is 0.466 e. The Balaban J connectivity index is 0.00000576. The summed E-state index contributed by atoms with van der Waals surface area (Å²) in [5.41, 5.74) is -1.25. The summed E-state index contributed by atoms with van der Waals surface area (Å²) in [5.74, 6) is 0.864. The van der Waals surface area contributed by atoms with Crippen molar-refractivity contribution in [1.82, 2.24) is 10.6 Å². The first kappa shape index (κ1) is 24.0. The maximum absolute atomic E-state index is 11.9. The molecular formula is C15H25F3IN3O3. The lowest BCUT2D eigenvalue weighted by Crippen LogP contribution is -2.39. The number of hydrogen-bond acceptors (Lipinski definition) is 4. The molecule has 1 atom stereocenters. The third-order valence-electron chi connectivity index (χ3n) is 2.96. The fourth-order valence-electron chi connectivity index (χ4n) is 1.81. The molecule has 0 amide bonds. The number of rotatable bonds is 9. The summed E-state index contributed by atoms with van der Waals surface area (Å²) in [6.07, 6.45) is -2.44. The van der Waals surface area contributed by atoms with Crippen LogP contribution in [0.1, 0.15) is 26.0 Å². The lowest BCUT2D eigenvalue weighted by atomic mass is 10.0. The molecule has 0 spiro atoms. The van der Waals surface area contributed by atoms with Gasteiger partial charge in [0, 0.05) is 19.7 Å². The van der Waals surface area contributed by atoms with Crippen molar-refractivity contribution in [3.63, 3.8) is 0 Å². The van der Waals surface area contributed by atoms with E-state index in [2.05, 4.69) is 20.4 Å². The maximum atomic E-state index is 11.9. The highest BCUT2D eigenvalue weighted by Gasteiger charge is 2.27. The third kappa shape index (κ3) is 10.5. The molecule has 0 radical (unpaired) electrons. The number of hydrogen-bond donors (Lipinski definition) is 3. The first-order chi connectivity index (χ1) is 11.2. The monoisotopic (exact) mass is 479 g/mol. The highest BCUT2D eigenvalue weighted by atomic mass is 127.